The molecule has 0 aliphatic carbocycles. The first kappa shape index (κ1) is 13.8. The fourth-order valence-corrected chi connectivity index (χ4v) is 3.93. The zero-order valence-corrected chi connectivity index (χ0v) is 11.3. The van der Waals surface area contributed by atoms with Gasteiger partial charge in [-0.15, -0.1) is 0 Å². The summed E-state index contributed by atoms with van der Waals surface area (Å²) < 4.78 is 25.6. The Morgan fingerprint density at radius 1 is 1.28 bits per heavy atom. The van der Waals surface area contributed by atoms with Gasteiger partial charge in [-0.3, -0.25) is 0 Å². The van der Waals surface area contributed by atoms with Gasteiger partial charge in [-0.25, -0.2) is 8.42 Å². The summed E-state index contributed by atoms with van der Waals surface area (Å²) >= 11 is 5.93. The van der Waals surface area contributed by atoms with Gasteiger partial charge in [-0.2, -0.15) is 4.31 Å². The van der Waals surface area contributed by atoms with E-state index >= 15 is 0 Å². The fourth-order valence-electron chi connectivity index (χ4n) is 1.89. The van der Waals surface area contributed by atoms with E-state index in [0.717, 1.165) is 9.87 Å². The van der Waals surface area contributed by atoms with Crippen molar-refractivity contribution in [1.29, 1.82) is 0 Å². The van der Waals surface area contributed by atoms with Crippen LogP contribution in [0.3, 0.4) is 0 Å². The van der Waals surface area contributed by atoms with E-state index in [-0.39, 0.29) is 23.0 Å². The van der Waals surface area contributed by atoms with Crippen molar-refractivity contribution >= 4 is 21.6 Å². The Balaban J connectivity index is 2.37. The number of aliphatic hydroxyl groups excluding tert-OH is 2. The summed E-state index contributed by atoms with van der Waals surface area (Å²) in [5.41, 5.74) is 0.862. The Labute approximate surface area is 111 Å². The maximum Gasteiger partial charge on any atom is 0.244 e. The predicted octanol–water partition coefficient (Wildman–Crippen LogP) is 0.375. The van der Waals surface area contributed by atoms with Gasteiger partial charge in [0.25, 0.3) is 0 Å². The lowest BCUT2D eigenvalue weighted by Crippen LogP contribution is -2.30. The van der Waals surface area contributed by atoms with Gasteiger partial charge in [0.05, 0.1) is 17.2 Å². The third-order valence-corrected chi connectivity index (χ3v) is 5.25. The third-order valence-electron chi connectivity index (χ3n) is 2.93. The van der Waals surface area contributed by atoms with Gasteiger partial charge < -0.3 is 10.2 Å². The lowest BCUT2D eigenvalue weighted by molar-refractivity contribution is 0.0572. The summed E-state index contributed by atoms with van der Waals surface area (Å²) in [5.74, 6) is 0. The molecule has 7 heteroatoms. The smallest absolute Gasteiger partial charge is 0.244 e. The van der Waals surface area contributed by atoms with Gasteiger partial charge >= 0.3 is 0 Å². The summed E-state index contributed by atoms with van der Waals surface area (Å²) in [6.45, 7) is 1.58. The second-order valence-electron chi connectivity index (χ2n) is 4.39. The molecule has 0 bridgehead atoms. The molecule has 0 aromatic heterocycles. The number of nitrogens with zero attached hydrogens (tertiary/aromatic N) is 1. The van der Waals surface area contributed by atoms with Crippen molar-refractivity contribution in [3.8, 4) is 0 Å². The van der Waals surface area contributed by atoms with Crippen molar-refractivity contribution in [2.24, 2.45) is 0 Å². The number of rotatable bonds is 2. The molecule has 1 saturated heterocycles. The molecule has 1 aliphatic rings. The monoisotopic (exact) mass is 291 g/mol. The van der Waals surface area contributed by atoms with E-state index in [4.69, 9.17) is 11.6 Å². The molecule has 0 spiro atoms. The molecular weight excluding hydrogens is 278 g/mol. The standard InChI is InChI=1S/C11H14ClNO4S/c1-7-2-3-11(8(12)4-7)18(16,17)13-5-9(14)10(15)6-13/h2-4,9-10,14-15H,5-6H2,1H3/t9-,10+. The van der Waals surface area contributed by atoms with E-state index in [0.29, 0.717) is 0 Å². The van der Waals surface area contributed by atoms with Crippen molar-refractivity contribution < 1.29 is 18.6 Å². The van der Waals surface area contributed by atoms with Crippen molar-refractivity contribution in [1.82, 2.24) is 4.31 Å². The number of hydrogen-bond donors (Lipinski definition) is 2. The number of halogens is 1. The van der Waals surface area contributed by atoms with E-state index in [1.807, 2.05) is 6.92 Å². The first-order chi connectivity index (χ1) is 8.32. The van der Waals surface area contributed by atoms with Crippen LogP contribution in [0.1, 0.15) is 5.56 Å². The average Bonchev–Trinajstić information content (AvgIpc) is 2.59. The van der Waals surface area contributed by atoms with E-state index in [1.54, 1.807) is 12.1 Å². The van der Waals surface area contributed by atoms with Gasteiger partial charge in [0.2, 0.25) is 10.0 Å². The Kier molecular flexibility index (Phi) is 3.66. The van der Waals surface area contributed by atoms with Crippen LogP contribution >= 0.6 is 11.6 Å². The molecule has 1 aromatic rings. The summed E-state index contributed by atoms with van der Waals surface area (Å²) in [4.78, 5) is -0.00364. The molecular formula is C11H14ClNO4S. The molecule has 5 nitrogen and oxygen atoms in total. The van der Waals surface area contributed by atoms with Gasteiger partial charge in [0.15, 0.2) is 0 Å². The molecule has 0 unspecified atom stereocenters. The van der Waals surface area contributed by atoms with Gasteiger partial charge in [-0.05, 0) is 24.6 Å². The minimum absolute atomic E-state index is 0.00364. The molecule has 100 valence electrons. The molecule has 2 atom stereocenters. The quantitative estimate of drug-likeness (QED) is 0.825. The Morgan fingerprint density at radius 3 is 2.33 bits per heavy atom. The van der Waals surface area contributed by atoms with Crippen molar-refractivity contribution in [2.45, 2.75) is 24.0 Å². The number of hydrogen-bond acceptors (Lipinski definition) is 4. The summed E-state index contributed by atoms with van der Waals surface area (Å²) in [5, 5.41) is 18.9. The average molecular weight is 292 g/mol. The molecule has 1 heterocycles. The highest BCUT2D eigenvalue weighted by Gasteiger charge is 2.38. The van der Waals surface area contributed by atoms with Crippen molar-refractivity contribution in [3.63, 3.8) is 0 Å². The topological polar surface area (TPSA) is 77.8 Å². The summed E-state index contributed by atoms with van der Waals surface area (Å²) in [6, 6.07) is 4.66. The van der Waals surface area contributed by atoms with Crippen LogP contribution in [-0.2, 0) is 10.0 Å². The SMILES string of the molecule is Cc1ccc(S(=O)(=O)N2C[C@@H](O)[C@@H](O)C2)c(Cl)c1. The first-order valence-electron chi connectivity index (χ1n) is 5.45. The largest absolute Gasteiger partial charge is 0.389 e. The lowest BCUT2D eigenvalue weighted by atomic mass is 10.2. The Morgan fingerprint density at radius 2 is 1.83 bits per heavy atom. The van der Waals surface area contributed by atoms with Gasteiger partial charge in [-0.1, -0.05) is 17.7 Å². The fraction of sp³-hybridized carbons (Fsp3) is 0.455. The second-order valence-corrected chi connectivity index (χ2v) is 6.70. The van der Waals surface area contributed by atoms with Crippen LogP contribution in [0.2, 0.25) is 5.02 Å². The van der Waals surface area contributed by atoms with E-state index < -0.39 is 22.2 Å². The molecule has 2 N–H and O–H groups in total. The number of sulfonamides is 1. The van der Waals surface area contributed by atoms with Gasteiger partial charge in [0, 0.05) is 13.1 Å². The second kappa shape index (κ2) is 4.79. The number of aryl methyl sites for hydroxylation is 1. The van der Waals surface area contributed by atoms with E-state index in [9.17, 15) is 18.6 Å². The number of β-amino-alcohol motifs (C(OH)–C–C–N with tert-alkyl or cyclic N) is 2. The number of aliphatic hydroxyl groups is 2. The minimum atomic E-state index is -3.77. The first-order valence-corrected chi connectivity index (χ1v) is 7.26. The summed E-state index contributed by atoms with van der Waals surface area (Å²) in [6.07, 6.45) is -2.10. The predicted molar refractivity (Wildman–Crippen MR) is 67.0 cm³/mol. The Hall–Kier alpha value is -0.660. The van der Waals surface area contributed by atoms with Crippen LogP contribution in [0.25, 0.3) is 0 Å². The minimum Gasteiger partial charge on any atom is -0.389 e. The lowest BCUT2D eigenvalue weighted by Gasteiger charge is -2.16. The van der Waals surface area contributed by atoms with E-state index in [2.05, 4.69) is 0 Å². The van der Waals surface area contributed by atoms with Crippen LogP contribution in [0, 0.1) is 6.92 Å². The molecule has 1 aliphatic heterocycles. The highest BCUT2D eigenvalue weighted by atomic mass is 35.5. The molecule has 18 heavy (non-hydrogen) atoms. The maximum atomic E-state index is 12.3. The molecule has 1 aromatic carbocycles. The zero-order valence-electron chi connectivity index (χ0n) is 9.75. The van der Waals surface area contributed by atoms with Crippen LogP contribution in [0.5, 0.6) is 0 Å². The highest BCUT2D eigenvalue weighted by Crippen LogP contribution is 2.27. The molecule has 2 rings (SSSR count). The van der Waals surface area contributed by atoms with Crippen molar-refractivity contribution in [3.05, 3.63) is 28.8 Å². The zero-order chi connectivity index (χ0) is 13.5. The molecule has 0 saturated carbocycles. The maximum absolute atomic E-state index is 12.3. The highest BCUT2D eigenvalue weighted by molar-refractivity contribution is 7.89. The van der Waals surface area contributed by atoms with Crippen LogP contribution in [-0.4, -0.2) is 48.2 Å². The Bertz CT molecular complexity index is 550. The number of benzene rings is 1. The normalized spacial score (nSPS) is 25.6. The van der Waals surface area contributed by atoms with E-state index in [1.165, 1.54) is 6.07 Å². The summed E-state index contributed by atoms with van der Waals surface area (Å²) in [7, 11) is -3.77. The van der Waals surface area contributed by atoms with Gasteiger partial charge in [0.1, 0.15) is 4.90 Å². The molecule has 0 amide bonds. The van der Waals surface area contributed by atoms with Crippen LogP contribution in [0.4, 0.5) is 0 Å². The third kappa shape index (κ3) is 2.39. The molecule has 1 fully saturated rings. The van der Waals surface area contributed by atoms with Crippen LogP contribution < -0.4 is 0 Å². The van der Waals surface area contributed by atoms with Crippen LogP contribution in [0.15, 0.2) is 23.1 Å². The van der Waals surface area contributed by atoms with Crippen molar-refractivity contribution in [2.75, 3.05) is 13.1 Å². The molecule has 0 radical (unpaired) electrons.